The minimum atomic E-state index is -0.653. The number of halogens is 1. The van der Waals surface area contributed by atoms with Crippen molar-refractivity contribution in [3.8, 4) is 0 Å². The van der Waals surface area contributed by atoms with Crippen LogP contribution in [0.25, 0.3) is 0 Å². The van der Waals surface area contributed by atoms with E-state index in [1.807, 2.05) is 13.8 Å². The highest BCUT2D eigenvalue weighted by Gasteiger charge is 2.23. The number of rotatable bonds is 9. The third kappa shape index (κ3) is 8.44. The van der Waals surface area contributed by atoms with Gasteiger partial charge in [-0.15, -0.1) is 0 Å². The summed E-state index contributed by atoms with van der Waals surface area (Å²) in [5, 5.41) is 9.17. The van der Waals surface area contributed by atoms with Crippen LogP contribution in [0.3, 0.4) is 0 Å². The predicted molar refractivity (Wildman–Crippen MR) is 115 cm³/mol. The molecule has 0 radical (unpaired) electrons. The molecule has 3 amide bonds. The molecule has 1 aliphatic rings. The molecule has 3 N–H and O–H groups in total. The van der Waals surface area contributed by atoms with E-state index < -0.39 is 6.04 Å². The van der Waals surface area contributed by atoms with Gasteiger partial charge in [0.2, 0.25) is 11.8 Å². The molecule has 1 atom stereocenters. The van der Waals surface area contributed by atoms with E-state index in [0.29, 0.717) is 17.0 Å². The van der Waals surface area contributed by atoms with Crippen LogP contribution in [-0.4, -0.2) is 36.3 Å². The fourth-order valence-electron chi connectivity index (χ4n) is 3.51. The number of benzene rings is 1. The van der Waals surface area contributed by atoms with E-state index >= 15 is 0 Å². The first-order chi connectivity index (χ1) is 13.8. The average Bonchev–Trinajstić information content (AvgIpc) is 2.68. The van der Waals surface area contributed by atoms with Crippen molar-refractivity contribution in [1.82, 2.24) is 16.0 Å². The van der Waals surface area contributed by atoms with E-state index in [0.717, 1.165) is 25.7 Å². The van der Waals surface area contributed by atoms with E-state index in [9.17, 15) is 14.4 Å². The first-order valence-corrected chi connectivity index (χ1v) is 10.9. The molecule has 0 spiro atoms. The zero-order chi connectivity index (χ0) is 21.2. The van der Waals surface area contributed by atoms with Crippen molar-refractivity contribution in [2.24, 2.45) is 5.92 Å². The highest BCUT2D eigenvalue weighted by molar-refractivity contribution is 6.30. The van der Waals surface area contributed by atoms with Gasteiger partial charge in [-0.1, -0.05) is 44.7 Å². The van der Waals surface area contributed by atoms with Crippen molar-refractivity contribution >= 4 is 29.3 Å². The highest BCUT2D eigenvalue weighted by atomic mass is 35.5. The van der Waals surface area contributed by atoms with Gasteiger partial charge < -0.3 is 16.0 Å². The second kappa shape index (κ2) is 11.8. The van der Waals surface area contributed by atoms with Gasteiger partial charge >= 0.3 is 0 Å². The zero-order valence-electron chi connectivity index (χ0n) is 17.3. The monoisotopic (exact) mass is 421 g/mol. The maximum atomic E-state index is 12.6. The van der Waals surface area contributed by atoms with Crippen LogP contribution < -0.4 is 16.0 Å². The van der Waals surface area contributed by atoms with Gasteiger partial charge in [0, 0.05) is 29.6 Å². The van der Waals surface area contributed by atoms with Crippen LogP contribution in [0.4, 0.5) is 0 Å². The van der Waals surface area contributed by atoms with Crippen LogP contribution in [0.1, 0.15) is 69.2 Å². The minimum absolute atomic E-state index is 0.0391. The molecule has 2 rings (SSSR count). The summed E-state index contributed by atoms with van der Waals surface area (Å²) < 4.78 is 0. The minimum Gasteiger partial charge on any atom is -0.354 e. The molecule has 1 unspecified atom stereocenters. The van der Waals surface area contributed by atoms with E-state index in [-0.39, 0.29) is 42.6 Å². The van der Waals surface area contributed by atoms with Gasteiger partial charge in [0.15, 0.2) is 0 Å². The van der Waals surface area contributed by atoms with Crippen molar-refractivity contribution in [2.45, 2.75) is 70.9 Å². The van der Waals surface area contributed by atoms with Crippen LogP contribution in [0.2, 0.25) is 5.02 Å². The Morgan fingerprint density at radius 2 is 1.72 bits per heavy atom. The Labute approximate surface area is 178 Å². The molecule has 1 fully saturated rings. The second-order valence-electron chi connectivity index (χ2n) is 8.11. The lowest BCUT2D eigenvalue weighted by Crippen LogP contribution is -2.48. The van der Waals surface area contributed by atoms with Crippen LogP contribution in [0, 0.1) is 5.92 Å². The Kier molecular flexibility index (Phi) is 9.45. The summed E-state index contributed by atoms with van der Waals surface area (Å²) in [4.78, 5) is 37.1. The fraction of sp³-hybridized carbons (Fsp3) is 0.591. The summed E-state index contributed by atoms with van der Waals surface area (Å²) in [5.41, 5.74) is 0.447. The molecule has 0 bridgehead atoms. The largest absolute Gasteiger partial charge is 0.354 e. The van der Waals surface area contributed by atoms with Crippen LogP contribution in [0.5, 0.6) is 0 Å². The van der Waals surface area contributed by atoms with E-state index in [1.165, 1.54) is 6.42 Å². The fourth-order valence-corrected chi connectivity index (χ4v) is 3.64. The van der Waals surface area contributed by atoms with Crippen molar-refractivity contribution in [2.75, 3.05) is 6.54 Å². The summed E-state index contributed by atoms with van der Waals surface area (Å²) in [6.07, 6.45) is 6.37. The molecule has 0 saturated heterocycles. The molecule has 1 aromatic carbocycles. The molecular weight excluding hydrogens is 390 g/mol. The Hall–Kier alpha value is -2.08. The topological polar surface area (TPSA) is 87.3 Å². The summed E-state index contributed by atoms with van der Waals surface area (Å²) in [6, 6.07) is 6.13. The summed E-state index contributed by atoms with van der Waals surface area (Å²) in [7, 11) is 0. The standard InChI is InChI=1S/C22H32ClN3O3/c1-15(2)14-19(26-21(28)16-8-10-17(23)11-9-16)22(29)24-13-12-20(27)25-18-6-4-3-5-7-18/h8-11,15,18-19H,3-7,12-14H2,1-2H3,(H,24,29)(H,25,27)(H,26,28). The average molecular weight is 422 g/mol. The van der Waals surface area contributed by atoms with E-state index in [1.54, 1.807) is 24.3 Å². The third-order valence-corrected chi connectivity index (χ3v) is 5.31. The van der Waals surface area contributed by atoms with Gasteiger partial charge in [-0.25, -0.2) is 0 Å². The summed E-state index contributed by atoms with van der Waals surface area (Å²) in [6.45, 7) is 4.24. The van der Waals surface area contributed by atoms with Crippen molar-refractivity contribution < 1.29 is 14.4 Å². The lowest BCUT2D eigenvalue weighted by molar-refractivity contribution is -0.124. The summed E-state index contributed by atoms with van der Waals surface area (Å²) >= 11 is 5.86. The molecule has 0 aromatic heterocycles. The molecule has 6 nitrogen and oxygen atoms in total. The first-order valence-electron chi connectivity index (χ1n) is 10.5. The smallest absolute Gasteiger partial charge is 0.251 e. The van der Waals surface area contributed by atoms with Crippen LogP contribution in [-0.2, 0) is 9.59 Å². The van der Waals surface area contributed by atoms with E-state index in [2.05, 4.69) is 16.0 Å². The molecule has 1 aromatic rings. The van der Waals surface area contributed by atoms with Gasteiger partial charge in [0.1, 0.15) is 6.04 Å². The van der Waals surface area contributed by atoms with Gasteiger partial charge in [-0.3, -0.25) is 14.4 Å². The number of hydrogen-bond acceptors (Lipinski definition) is 3. The third-order valence-electron chi connectivity index (χ3n) is 5.06. The Bertz CT molecular complexity index is 685. The molecule has 1 saturated carbocycles. The zero-order valence-corrected chi connectivity index (χ0v) is 18.1. The molecule has 29 heavy (non-hydrogen) atoms. The Morgan fingerprint density at radius 1 is 1.07 bits per heavy atom. The van der Waals surface area contributed by atoms with Gasteiger partial charge in [0.25, 0.3) is 5.91 Å². The van der Waals surface area contributed by atoms with Gasteiger partial charge in [-0.2, -0.15) is 0 Å². The quantitative estimate of drug-likeness (QED) is 0.570. The molecular formula is C22H32ClN3O3. The number of hydrogen-bond donors (Lipinski definition) is 3. The molecule has 0 heterocycles. The number of carbonyl (C=O) groups excluding carboxylic acids is 3. The van der Waals surface area contributed by atoms with Crippen LogP contribution in [0.15, 0.2) is 24.3 Å². The van der Waals surface area contributed by atoms with Crippen LogP contribution >= 0.6 is 11.6 Å². The summed E-state index contributed by atoms with van der Waals surface area (Å²) in [5.74, 6) is -0.405. The lowest BCUT2D eigenvalue weighted by atomic mass is 9.95. The highest BCUT2D eigenvalue weighted by Crippen LogP contribution is 2.17. The number of amides is 3. The number of nitrogens with one attached hydrogen (secondary N) is 3. The lowest BCUT2D eigenvalue weighted by Gasteiger charge is -2.23. The Morgan fingerprint density at radius 3 is 2.34 bits per heavy atom. The first kappa shape index (κ1) is 23.2. The molecule has 0 aliphatic heterocycles. The maximum absolute atomic E-state index is 12.6. The predicted octanol–water partition coefficient (Wildman–Crippen LogP) is 3.44. The van der Waals surface area contributed by atoms with E-state index in [4.69, 9.17) is 11.6 Å². The van der Waals surface area contributed by atoms with Crippen molar-refractivity contribution in [3.63, 3.8) is 0 Å². The molecule has 1 aliphatic carbocycles. The van der Waals surface area contributed by atoms with Gasteiger partial charge in [-0.05, 0) is 49.4 Å². The molecule has 160 valence electrons. The van der Waals surface area contributed by atoms with Crippen molar-refractivity contribution in [3.05, 3.63) is 34.9 Å². The second-order valence-corrected chi connectivity index (χ2v) is 8.54. The Balaban J connectivity index is 1.81. The molecule has 7 heteroatoms. The SMILES string of the molecule is CC(C)CC(NC(=O)c1ccc(Cl)cc1)C(=O)NCCC(=O)NC1CCCCC1. The number of carbonyl (C=O) groups is 3. The maximum Gasteiger partial charge on any atom is 0.251 e. The van der Waals surface area contributed by atoms with Gasteiger partial charge in [0.05, 0.1) is 0 Å². The normalized spacial score (nSPS) is 15.6. The van der Waals surface area contributed by atoms with Crippen molar-refractivity contribution in [1.29, 1.82) is 0 Å².